The number of carbonyl (C=O) groups is 1. The van der Waals surface area contributed by atoms with Gasteiger partial charge in [-0.15, -0.1) is 0 Å². The maximum Gasteiger partial charge on any atom is 0.338 e. The summed E-state index contributed by atoms with van der Waals surface area (Å²) in [6, 6.07) is 5.99. The Morgan fingerprint density at radius 3 is 2.00 bits per heavy atom. The molecule has 156 valence electrons. The van der Waals surface area contributed by atoms with E-state index in [2.05, 4.69) is 13.0 Å². The molecule has 2 saturated carbocycles. The molecule has 1 aromatic rings. The normalized spacial score (nSPS) is 28.1. The molecule has 0 bridgehead atoms. The van der Waals surface area contributed by atoms with Crippen LogP contribution in [0.25, 0.3) is 0 Å². The first-order valence-electron chi connectivity index (χ1n) is 11.8. The zero-order valence-corrected chi connectivity index (χ0v) is 18.3. The van der Waals surface area contributed by atoms with Gasteiger partial charge in [-0.3, -0.25) is 0 Å². The van der Waals surface area contributed by atoms with E-state index in [0.29, 0.717) is 5.56 Å². The lowest BCUT2D eigenvalue weighted by molar-refractivity contribution is 0.0109. The second-order valence-corrected chi connectivity index (χ2v) is 9.60. The van der Waals surface area contributed by atoms with Crippen molar-refractivity contribution in [3.05, 3.63) is 34.9 Å². The van der Waals surface area contributed by atoms with E-state index in [4.69, 9.17) is 4.74 Å². The molecule has 2 aliphatic carbocycles. The van der Waals surface area contributed by atoms with E-state index >= 15 is 0 Å². The molecule has 0 saturated heterocycles. The van der Waals surface area contributed by atoms with E-state index in [1.165, 1.54) is 64.2 Å². The van der Waals surface area contributed by atoms with Gasteiger partial charge in [-0.25, -0.2) is 4.79 Å². The summed E-state index contributed by atoms with van der Waals surface area (Å²) in [5, 5.41) is 0. The average molecular weight is 385 g/mol. The molecule has 2 aliphatic rings. The van der Waals surface area contributed by atoms with Crippen LogP contribution in [-0.2, 0) is 4.74 Å². The van der Waals surface area contributed by atoms with Crippen molar-refractivity contribution in [3.8, 4) is 0 Å². The van der Waals surface area contributed by atoms with E-state index in [0.717, 1.165) is 41.7 Å². The fraction of sp³-hybridized carbons (Fsp3) is 0.731. The molecule has 1 aromatic carbocycles. The number of esters is 1. The van der Waals surface area contributed by atoms with Gasteiger partial charge >= 0.3 is 5.97 Å². The molecule has 0 radical (unpaired) electrons. The molecule has 0 N–H and O–H groups in total. The Labute approximate surface area is 172 Å². The van der Waals surface area contributed by atoms with Crippen LogP contribution in [0.4, 0.5) is 0 Å². The third kappa shape index (κ3) is 6.09. The summed E-state index contributed by atoms with van der Waals surface area (Å²) in [5.41, 5.74) is 2.96. The van der Waals surface area contributed by atoms with E-state index in [-0.39, 0.29) is 12.1 Å². The second-order valence-electron chi connectivity index (χ2n) is 9.60. The van der Waals surface area contributed by atoms with Crippen LogP contribution in [0.15, 0.2) is 18.2 Å². The third-order valence-electron chi connectivity index (χ3n) is 7.22. The van der Waals surface area contributed by atoms with Gasteiger partial charge in [0.05, 0.1) is 5.56 Å². The summed E-state index contributed by atoms with van der Waals surface area (Å²) in [6.45, 7) is 6.37. The van der Waals surface area contributed by atoms with Crippen LogP contribution >= 0.6 is 0 Å². The van der Waals surface area contributed by atoms with Gasteiger partial charge in [0, 0.05) is 0 Å². The predicted molar refractivity (Wildman–Crippen MR) is 117 cm³/mol. The number of carbonyl (C=O) groups excluding carboxylic acids is 1. The number of rotatable bonds is 7. The molecule has 0 heterocycles. The van der Waals surface area contributed by atoms with Gasteiger partial charge in [-0.05, 0) is 82.3 Å². The Morgan fingerprint density at radius 1 is 0.857 bits per heavy atom. The molecule has 0 unspecified atom stereocenters. The number of hydrogen-bond acceptors (Lipinski definition) is 2. The summed E-state index contributed by atoms with van der Waals surface area (Å²) in [7, 11) is 0. The quantitative estimate of drug-likeness (QED) is 0.361. The van der Waals surface area contributed by atoms with Crippen molar-refractivity contribution in [2.45, 2.75) is 104 Å². The van der Waals surface area contributed by atoms with Crippen molar-refractivity contribution in [2.24, 2.45) is 17.8 Å². The van der Waals surface area contributed by atoms with Crippen LogP contribution in [0, 0.1) is 31.6 Å². The van der Waals surface area contributed by atoms with Crippen molar-refractivity contribution < 1.29 is 9.53 Å². The highest BCUT2D eigenvalue weighted by Crippen LogP contribution is 2.41. The Bertz CT molecular complexity index is 599. The topological polar surface area (TPSA) is 26.3 Å². The van der Waals surface area contributed by atoms with Crippen molar-refractivity contribution >= 4 is 5.97 Å². The van der Waals surface area contributed by atoms with Crippen LogP contribution in [0.3, 0.4) is 0 Å². The van der Waals surface area contributed by atoms with Crippen molar-refractivity contribution in [1.82, 2.24) is 0 Å². The van der Waals surface area contributed by atoms with Crippen LogP contribution in [0.2, 0.25) is 0 Å². The Kier molecular flexibility index (Phi) is 8.00. The molecular weight excluding hydrogens is 344 g/mol. The van der Waals surface area contributed by atoms with Crippen molar-refractivity contribution in [1.29, 1.82) is 0 Å². The van der Waals surface area contributed by atoms with Crippen LogP contribution in [-0.4, -0.2) is 12.1 Å². The molecule has 2 fully saturated rings. The average Bonchev–Trinajstić information content (AvgIpc) is 2.69. The highest BCUT2D eigenvalue weighted by Gasteiger charge is 2.32. The van der Waals surface area contributed by atoms with Gasteiger partial charge in [-0.2, -0.15) is 0 Å². The first-order valence-corrected chi connectivity index (χ1v) is 11.8. The number of hydrogen-bond donors (Lipinski definition) is 0. The second kappa shape index (κ2) is 10.5. The van der Waals surface area contributed by atoms with Crippen LogP contribution < -0.4 is 0 Å². The summed E-state index contributed by atoms with van der Waals surface area (Å²) >= 11 is 0. The van der Waals surface area contributed by atoms with Gasteiger partial charge in [0.15, 0.2) is 0 Å². The molecular formula is C26H40O2. The SMILES string of the molecule is CCCCCC1CCC(C2CCC(OC(=O)c3cc(C)cc(C)c3)CC2)CC1. The predicted octanol–water partition coefficient (Wildman–Crippen LogP) is 7.41. The number of benzene rings is 1. The molecule has 2 heteroatoms. The number of unbranched alkanes of at least 4 members (excludes halogenated alkanes) is 2. The molecule has 0 aliphatic heterocycles. The molecule has 0 amide bonds. The number of ether oxygens (including phenoxy) is 1. The van der Waals surface area contributed by atoms with Gasteiger partial charge in [0.25, 0.3) is 0 Å². The summed E-state index contributed by atoms with van der Waals surface area (Å²) < 4.78 is 5.86. The Morgan fingerprint density at radius 2 is 1.43 bits per heavy atom. The highest BCUT2D eigenvalue weighted by molar-refractivity contribution is 5.90. The van der Waals surface area contributed by atoms with Gasteiger partial charge < -0.3 is 4.74 Å². The fourth-order valence-electron chi connectivity index (χ4n) is 5.62. The standard InChI is InChI=1S/C26H40O2/c1-4-5-6-7-21-8-10-22(11-9-21)23-12-14-25(15-13-23)28-26(27)24-17-19(2)16-20(3)18-24/h16-18,21-23,25H,4-15H2,1-3H3. The molecule has 2 nitrogen and oxygen atoms in total. The smallest absolute Gasteiger partial charge is 0.338 e. The van der Waals surface area contributed by atoms with Gasteiger partial charge in [0.2, 0.25) is 0 Å². The third-order valence-corrected chi connectivity index (χ3v) is 7.22. The van der Waals surface area contributed by atoms with Gasteiger partial charge in [0.1, 0.15) is 6.10 Å². The monoisotopic (exact) mass is 384 g/mol. The molecule has 0 atom stereocenters. The minimum atomic E-state index is -0.136. The van der Waals surface area contributed by atoms with Crippen molar-refractivity contribution in [3.63, 3.8) is 0 Å². The van der Waals surface area contributed by atoms with Crippen molar-refractivity contribution in [2.75, 3.05) is 0 Å². The first kappa shape index (κ1) is 21.4. The lowest BCUT2D eigenvalue weighted by Gasteiger charge is -2.37. The van der Waals surface area contributed by atoms with E-state index in [1.807, 2.05) is 26.0 Å². The fourth-order valence-corrected chi connectivity index (χ4v) is 5.62. The summed E-state index contributed by atoms with van der Waals surface area (Å²) in [6.07, 6.45) is 16.1. The molecule has 3 rings (SSSR count). The lowest BCUT2D eigenvalue weighted by atomic mass is 9.70. The minimum absolute atomic E-state index is 0.120. The van der Waals surface area contributed by atoms with Crippen LogP contribution in [0.5, 0.6) is 0 Å². The van der Waals surface area contributed by atoms with E-state index in [9.17, 15) is 4.79 Å². The Hall–Kier alpha value is -1.31. The first-order chi connectivity index (χ1) is 13.5. The summed E-state index contributed by atoms with van der Waals surface area (Å²) in [5.74, 6) is 2.66. The maximum absolute atomic E-state index is 12.5. The molecule has 28 heavy (non-hydrogen) atoms. The number of aryl methyl sites for hydroxylation is 2. The molecule has 0 aromatic heterocycles. The zero-order valence-electron chi connectivity index (χ0n) is 18.3. The van der Waals surface area contributed by atoms with Crippen LogP contribution in [0.1, 0.15) is 105 Å². The molecule has 0 spiro atoms. The zero-order chi connectivity index (χ0) is 19.9. The van der Waals surface area contributed by atoms with E-state index < -0.39 is 0 Å². The minimum Gasteiger partial charge on any atom is -0.459 e. The van der Waals surface area contributed by atoms with Gasteiger partial charge in [-0.1, -0.05) is 62.6 Å². The Balaban J connectivity index is 1.39. The highest BCUT2D eigenvalue weighted by atomic mass is 16.5. The lowest BCUT2D eigenvalue weighted by Crippen LogP contribution is -2.29. The maximum atomic E-state index is 12.5. The van der Waals surface area contributed by atoms with E-state index in [1.54, 1.807) is 0 Å². The summed E-state index contributed by atoms with van der Waals surface area (Å²) in [4.78, 5) is 12.5. The largest absolute Gasteiger partial charge is 0.459 e.